The third kappa shape index (κ3) is 2.83. The highest BCUT2D eigenvalue weighted by atomic mass is 16.3. The van der Waals surface area contributed by atoms with E-state index in [0.29, 0.717) is 18.6 Å². The summed E-state index contributed by atoms with van der Waals surface area (Å²) in [5, 5.41) is 13.2. The first-order valence-corrected chi connectivity index (χ1v) is 7.31. The third-order valence-electron chi connectivity index (χ3n) is 5.06. The summed E-state index contributed by atoms with van der Waals surface area (Å²) in [6, 6.07) is 0.499. The van der Waals surface area contributed by atoms with Crippen molar-refractivity contribution < 1.29 is 5.11 Å². The topological polar surface area (TPSA) is 58.3 Å². The van der Waals surface area contributed by atoms with E-state index >= 15 is 0 Å². The summed E-state index contributed by atoms with van der Waals surface area (Å²) in [4.78, 5) is 0. The lowest BCUT2D eigenvalue weighted by atomic mass is 9.92. The second-order valence-corrected chi connectivity index (χ2v) is 6.13. The Kier molecular flexibility index (Phi) is 4.45. The van der Waals surface area contributed by atoms with Crippen LogP contribution in [0.3, 0.4) is 0 Å². The fraction of sp³-hybridized carbons (Fsp3) is 1.00. The lowest BCUT2D eigenvalue weighted by molar-refractivity contribution is 0.179. The van der Waals surface area contributed by atoms with Crippen LogP contribution in [0, 0.1) is 11.8 Å². The molecule has 2 rings (SSSR count). The molecule has 0 heterocycles. The molecule has 0 aromatic heterocycles. The van der Waals surface area contributed by atoms with Gasteiger partial charge in [0.2, 0.25) is 0 Å². The molecule has 0 spiro atoms. The zero-order valence-corrected chi connectivity index (χ0v) is 11.1. The molecule has 0 radical (unpaired) electrons. The normalized spacial score (nSPS) is 42.2. The molecular formula is C14H28N2O. The van der Waals surface area contributed by atoms with Gasteiger partial charge in [-0.1, -0.05) is 19.8 Å². The molecule has 2 fully saturated rings. The first kappa shape index (κ1) is 13.3. The number of aliphatic hydroxyl groups excluding tert-OH is 1. The van der Waals surface area contributed by atoms with Crippen LogP contribution in [0.4, 0.5) is 0 Å². The van der Waals surface area contributed by atoms with Gasteiger partial charge in [-0.05, 0) is 43.9 Å². The molecule has 4 N–H and O–H groups in total. The van der Waals surface area contributed by atoms with Crippen LogP contribution in [-0.2, 0) is 0 Å². The molecule has 3 heteroatoms. The summed E-state index contributed by atoms with van der Waals surface area (Å²) in [5.41, 5.74) is 6.20. The lowest BCUT2D eigenvalue weighted by Gasteiger charge is -2.35. The summed E-state index contributed by atoms with van der Waals surface area (Å²) in [6.07, 6.45) is 8.68. The molecule has 0 amide bonds. The van der Waals surface area contributed by atoms with Crippen molar-refractivity contribution in [1.82, 2.24) is 5.32 Å². The van der Waals surface area contributed by atoms with Gasteiger partial charge in [0.25, 0.3) is 0 Å². The summed E-state index contributed by atoms with van der Waals surface area (Å²) < 4.78 is 0. The standard InChI is InChI=1S/C14H28N2O/c1-2-11-6-7-14(8-11,10-15)16-13-5-3-4-12(13)9-17/h11-13,16-17H,2-10,15H2,1H3. The van der Waals surface area contributed by atoms with E-state index in [4.69, 9.17) is 5.73 Å². The van der Waals surface area contributed by atoms with Crippen molar-refractivity contribution in [1.29, 1.82) is 0 Å². The Morgan fingerprint density at radius 3 is 2.76 bits per heavy atom. The zero-order valence-electron chi connectivity index (χ0n) is 11.1. The van der Waals surface area contributed by atoms with E-state index in [-0.39, 0.29) is 5.54 Å². The van der Waals surface area contributed by atoms with Crippen molar-refractivity contribution >= 4 is 0 Å². The maximum absolute atomic E-state index is 9.39. The van der Waals surface area contributed by atoms with Crippen molar-refractivity contribution in [2.75, 3.05) is 13.2 Å². The van der Waals surface area contributed by atoms with E-state index in [1.807, 2.05) is 0 Å². The fourth-order valence-electron chi connectivity index (χ4n) is 3.80. The van der Waals surface area contributed by atoms with Gasteiger partial charge in [-0.25, -0.2) is 0 Å². The highest BCUT2D eigenvalue weighted by molar-refractivity contribution is 5.00. The Morgan fingerprint density at radius 2 is 2.18 bits per heavy atom. The van der Waals surface area contributed by atoms with E-state index in [9.17, 15) is 5.11 Å². The van der Waals surface area contributed by atoms with Crippen LogP contribution in [0.25, 0.3) is 0 Å². The molecule has 17 heavy (non-hydrogen) atoms. The smallest absolute Gasteiger partial charge is 0.0474 e. The average molecular weight is 240 g/mol. The molecule has 3 nitrogen and oxygen atoms in total. The predicted molar refractivity (Wildman–Crippen MR) is 70.8 cm³/mol. The maximum Gasteiger partial charge on any atom is 0.0474 e. The second kappa shape index (κ2) is 5.68. The van der Waals surface area contributed by atoms with Gasteiger partial charge in [0.1, 0.15) is 0 Å². The van der Waals surface area contributed by atoms with Crippen molar-refractivity contribution in [2.45, 2.75) is 63.5 Å². The summed E-state index contributed by atoms with van der Waals surface area (Å²) in [6.45, 7) is 3.36. The van der Waals surface area contributed by atoms with Crippen molar-refractivity contribution in [2.24, 2.45) is 17.6 Å². The fourth-order valence-corrected chi connectivity index (χ4v) is 3.80. The minimum absolute atomic E-state index is 0.170. The average Bonchev–Trinajstić information content (AvgIpc) is 2.96. The quantitative estimate of drug-likeness (QED) is 0.685. The Balaban J connectivity index is 1.95. The first-order chi connectivity index (χ1) is 8.23. The van der Waals surface area contributed by atoms with Gasteiger partial charge in [0.05, 0.1) is 0 Å². The molecule has 2 saturated carbocycles. The van der Waals surface area contributed by atoms with Gasteiger partial charge >= 0.3 is 0 Å². The lowest BCUT2D eigenvalue weighted by Crippen LogP contribution is -2.55. The Morgan fingerprint density at radius 1 is 1.35 bits per heavy atom. The van der Waals surface area contributed by atoms with E-state index in [2.05, 4.69) is 12.2 Å². The number of hydrogen-bond acceptors (Lipinski definition) is 3. The SMILES string of the molecule is CCC1CCC(CN)(NC2CCCC2CO)C1. The second-order valence-electron chi connectivity index (χ2n) is 6.13. The van der Waals surface area contributed by atoms with Gasteiger partial charge in [-0.2, -0.15) is 0 Å². The number of nitrogens with one attached hydrogen (secondary N) is 1. The van der Waals surface area contributed by atoms with Crippen LogP contribution in [0.15, 0.2) is 0 Å². The minimum Gasteiger partial charge on any atom is -0.396 e. The van der Waals surface area contributed by atoms with Crippen molar-refractivity contribution in [3.8, 4) is 0 Å². The summed E-state index contributed by atoms with van der Waals surface area (Å²) in [7, 11) is 0. The van der Waals surface area contributed by atoms with Gasteiger partial charge in [0, 0.05) is 24.7 Å². The van der Waals surface area contributed by atoms with Crippen LogP contribution in [0.5, 0.6) is 0 Å². The molecule has 0 aromatic carbocycles. The van der Waals surface area contributed by atoms with Gasteiger partial charge in [-0.15, -0.1) is 0 Å². The van der Waals surface area contributed by atoms with Crippen LogP contribution in [0.1, 0.15) is 51.9 Å². The third-order valence-corrected chi connectivity index (χ3v) is 5.06. The molecule has 2 aliphatic carbocycles. The van der Waals surface area contributed by atoms with Gasteiger partial charge in [-0.3, -0.25) is 0 Å². The van der Waals surface area contributed by atoms with Crippen LogP contribution in [-0.4, -0.2) is 29.8 Å². The zero-order chi connectivity index (χ0) is 12.3. The molecule has 4 unspecified atom stereocenters. The van der Waals surface area contributed by atoms with Crippen molar-refractivity contribution in [3.05, 3.63) is 0 Å². The van der Waals surface area contributed by atoms with Crippen LogP contribution in [0.2, 0.25) is 0 Å². The Labute approximate surface area is 105 Å². The number of nitrogens with two attached hydrogens (primary N) is 1. The highest BCUT2D eigenvalue weighted by Gasteiger charge is 2.40. The molecule has 0 aromatic rings. The molecule has 2 aliphatic rings. The number of rotatable bonds is 5. The van der Waals surface area contributed by atoms with Crippen LogP contribution < -0.4 is 11.1 Å². The Bertz CT molecular complexity index is 246. The van der Waals surface area contributed by atoms with Gasteiger partial charge < -0.3 is 16.2 Å². The largest absolute Gasteiger partial charge is 0.396 e. The molecule has 4 atom stereocenters. The van der Waals surface area contributed by atoms with E-state index in [1.54, 1.807) is 0 Å². The predicted octanol–water partition coefficient (Wildman–Crippen LogP) is 1.64. The van der Waals surface area contributed by atoms with Gasteiger partial charge in [0.15, 0.2) is 0 Å². The Hall–Kier alpha value is -0.120. The van der Waals surface area contributed by atoms with E-state index in [1.165, 1.54) is 44.9 Å². The molecular weight excluding hydrogens is 212 g/mol. The molecule has 0 bridgehead atoms. The number of aliphatic hydroxyl groups is 1. The molecule has 0 saturated heterocycles. The molecule has 0 aliphatic heterocycles. The molecule has 100 valence electrons. The monoisotopic (exact) mass is 240 g/mol. The van der Waals surface area contributed by atoms with Crippen LogP contribution >= 0.6 is 0 Å². The van der Waals surface area contributed by atoms with E-state index in [0.717, 1.165) is 12.5 Å². The summed E-state index contributed by atoms with van der Waals surface area (Å²) in [5.74, 6) is 1.30. The highest BCUT2D eigenvalue weighted by Crippen LogP contribution is 2.38. The van der Waals surface area contributed by atoms with Crippen molar-refractivity contribution in [3.63, 3.8) is 0 Å². The minimum atomic E-state index is 0.170. The van der Waals surface area contributed by atoms with E-state index < -0.39 is 0 Å². The first-order valence-electron chi connectivity index (χ1n) is 7.31. The number of hydrogen-bond donors (Lipinski definition) is 3. The summed E-state index contributed by atoms with van der Waals surface area (Å²) >= 11 is 0. The maximum atomic E-state index is 9.39.